The second-order valence-electron chi connectivity index (χ2n) is 14.1. The van der Waals surface area contributed by atoms with Gasteiger partial charge in [0, 0.05) is 47.9 Å². The third kappa shape index (κ3) is 5.32. The molecule has 258 valence electrons. The highest BCUT2D eigenvalue weighted by molar-refractivity contribution is 7.25. The Morgan fingerprint density at radius 3 is 1.87 bits per heavy atom. The van der Waals surface area contributed by atoms with Crippen molar-refractivity contribution in [2.45, 2.75) is 0 Å². The smallest absolute Gasteiger partial charge is 0.159 e. The third-order valence-corrected chi connectivity index (χ3v) is 12.0. The molecule has 0 atom stereocenters. The average Bonchev–Trinajstić information content (AvgIpc) is 3.83. The van der Waals surface area contributed by atoms with Gasteiger partial charge < -0.3 is 9.32 Å². The molecule has 0 spiro atoms. The Bertz CT molecular complexity index is 3200. The molecule has 0 aliphatic rings. The summed E-state index contributed by atoms with van der Waals surface area (Å²) in [5, 5.41) is 7.30. The number of hydrogen-bond donors (Lipinski definition) is 0. The van der Waals surface area contributed by atoms with Crippen LogP contribution >= 0.6 is 11.3 Å². The molecule has 55 heavy (non-hydrogen) atoms. The molecule has 0 bridgehead atoms. The summed E-state index contributed by atoms with van der Waals surface area (Å²) < 4.78 is 9.61. The third-order valence-electron chi connectivity index (χ3n) is 10.9. The quantitative estimate of drug-likeness (QED) is 0.170. The monoisotopic (exact) mass is 719 g/mol. The van der Waals surface area contributed by atoms with Gasteiger partial charge in [0.2, 0.25) is 0 Å². The van der Waals surface area contributed by atoms with Gasteiger partial charge in [-0.25, -0.2) is 0 Å². The van der Waals surface area contributed by atoms with Crippen molar-refractivity contribution < 1.29 is 4.42 Å². The second-order valence-corrected chi connectivity index (χ2v) is 15.2. The van der Waals surface area contributed by atoms with Gasteiger partial charge in [-0.05, 0) is 81.1 Å². The van der Waals surface area contributed by atoms with Crippen molar-refractivity contribution in [1.29, 1.82) is 0 Å². The molecule has 0 amide bonds. The molecule has 2 nitrogen and oxygen atoms in total. The molecular formula is C52H33NOS. The highest BCUT2D eigenvalue weighted by Crippen LogP contribution is 2.45. The normalized spacial score (nSPS) is 11.6. The molecule has 2 heterocycles. The zero-order valence-electron chi connectivity index (χ0n) is 29.8. The number of benzene rings is 9. The molecule has 0 aliphatic carbocycles. The lowest BCUT2D eigenvalue weighted by molar-refractivity contribution is 0.670. The van der Waals surface area contributed by atoms with E-state index in [4.69, 9.17) is 4.42 Å². The van der Waals surface area contributed by atoms with E-state index in [9.17, 15) is 0 Å². The minimum atomic E-state index is 0.857. The largest absolute Gasteiger partial charge is 0.453 e. The molecule has 0 radical (unpaired) electrons. The zero-order valence-corrected chi connectivity index (χ0v) is 30.6. The van der Waals surface area contributed by atoms with Gasteiger partial charge in [0.15, 0.2) is 5.58 Å². The number of fused-ring (bicyclic) bond motifs is 7. The minimum absolute atomic E-state index is 0.857. The molecule has 9 aromatic carbocycles. The molecule has 0 aliphatic heterocycles. The van der Waals surface area contributed by atoms with E-state index in [0.29, 0.717) is 0 Å². The minimum Gasteiger partial charge on any atom is -0.453 e. The molecule has 11 rings (SSSR count). The lowest BCUT2D eigenvalue weighted by atomic mass is 9.97. The van der Waals surface area contributed by atoms with E-state index in [1.54, 1.807) is 0 Å². The number of anilines is 3. The van der Waals surface area contributed by atoms with Crippen LogP contribution in [0, 0.1) is 0 Å². The Labute approximate surface area is 322 Å². The second kappa shape index (κ2) is 12.9. The number of nitrogens with zero attached hydrogens (tertiary/aromatic N) is 1. The van der Waals surface area contributed by atoms with Crippen LogP contribution in [0.5, 0.6) is 0 Å². The van der Waals surface area contributed by atoms with Crippen LogP contribution in [-0.2, 0) is 0 Å². The first-order chi connectivity index (χ1) is 27.3. The summed E-state index contributed by atoms with van der Waals surface area (Å²) in [5.74, 6) is 0. The van der Waals surface area contributed by atoms with Crippen LogP contribution in [0.3, 0.4) is 0 Å². The van der Waals surface area contributed by atoms with Gasteiger partial charge in [0.1, 0.15) is 5.58 Å². The summed E-state index contributed by atoms with van der Waals surface area (Å²) in [6.45, 7) is 0. The van der Waals surface area contributed by atoms with Crippen molar-refractivity contribution in [3.63, 3.8) is 0 Å². The molecule has 0 N–H and O–H groups in total. The molecular weight excluding hydrogens is 687 g/mol. The van der Waals surface area contributed by atoms with E-state index in [-0.39, 0.29) is 0 Å². The Morgan fingerprint density at radius 2 is 0.982 bits per heavy atom. The van der Waals surface area contributed by atoms with Crippen LogP contribution in [0.1, 0.15) is 0 Å². The molecule has 11 aromatic rings. The van der Waals surface area contributed by atoms with E-state index in [1.165, 1.54) is 47.6 Å². The predicted molar refractivity (Wildman–Crippen MR) is 235 cm³/mol. The fraction of sp³-hybridized carbons (Fsp3) is 0. The number of hydrogen-bond acceptors (Lipinski definition) is 3. The molecule has 2 aromatic heterocycles. The summed E-state index contributed by atoms with van der Waals surface area (Å²) in [6, 6.07) is 72.0. The summed E-state index contributed by atoms with van der Waals surface area (Å²) in [4.78, 5) is 2.35. The predicted octanol–water partition coefficient (Wildman–Crippen LogP) is 15.6. The maximum Gasteiger partial charge on any atom is 0.159 e. The Hall–Kier alpha value is -6.94. The van der Waals surface area contributed by atoms with Crippen LogP contribution < -0.4 is 4.90 Å². The van der Waals surface area contributed by atoms with E-state index in [2.05, 4.69) is 205 Å². The van der Waals surface area contributed by atoms with Crippen LogP contribution in [0.2, 0.25) is 0 Å². The summed E-state index contributed by atoms with van der Waals surface area (Å²) in [5.41, 5.74) is 11.8. The highest BCUT2D eigenvalue weighted by atomic mass is 32.1. The Morgan fingerprint density at radius 1 is 0.345 bits per heavy atom. The van der Waals surface area contributed by atoms with E-state index < -0.39 is 0 Å². The summed E-state index contributed by atoms with van der Waals surface area (Å²) in [7, 11) is 0. The standard InChI is InChI=1S/C52H33NOS/c1-2-12-36(13-3-1)43-21-10-22-46-47-23-11-24-48(52(47)54-51(43)46)53(40-17-8-16-38(32-40)42-20-9-15-35-14-4-5-18-41(35)42)39-29-26-34(27-30-39)37-28-31-45-44-19-6-7-25-49(44)55-50(45)33-37/h1-33H. The van der Waals surface area contributed by atoms with Gasteiger partial charge in [-0.3, -0.25) is 0 Å². The fourth-order valence-corrected chi connectivity index (χ4v) is 9.40. The summed E-state index contributed by atoms with van der Waals surface area (Å²) >= 11 is 1.86. The van der Waals surface area contributed by atoms with Crippen LogP contribution in [0.4, 0.5) is 17.1 Å². The Kier molecular flexibility index (Phi) is 7.39. The van der Waals surface area contributed by atoms with Crippen molar-refractivity contribution in [2.24, 2.45) is 0 Å². The van der Waals surface area contributed by atoms with Crippen molar-refractivity contribution in [2.75, 3.05) is 4.90 Å². The molecule has 0 saturated carbocycles. The molecule has 3 heteroatoms. The van der Waals surface area contributed by atoms with Crippen LogP contribution in [0.15, 0.2) is 205 Å². The van der Waals surface area contributed by atoms with Gasteiger partial charge in [-0.2, -0.15) is 0 Å². The first-order valence-corrected chi connectivity index (χ1v) is 19.5. The van der Waals surface area contributed by atoms with Gasteiger partial charge in [0.25, 0.3) is 0 Å². The number of para-hydroxylation sites is 2. The number of rotatable bonds is 6. The van der Waals surface area contributed by atoms with Crippen molar-refractivity contribution >= 4 is 81.3 Å². The highest BCUT2D eigenvalue weighted by Gasteiger charge is 2.21. The lowest BCUT2D eigenvalue weighted by Gasteiger charge is -2.26. The summed E-state index contributed by atoms with van der Waals surface area (Å²) in [6.07, 6.45) is 0. The Balaban J connectivity index is 1.09. The van der Waals surface area contributed by atoms with Crippen LogP contribution in [0.25, 0.3) is 86.3 Å². The SMILES string of the molecule is c1ccc(-c2cccc3c2oc2c(N(c4ccc(-c5ccc6c(c5)sc5ccccc56)cc4)c4cccc(-c5cccc6ccccc56)c4)cccc23)cc1. The average molecular weight is 720 g/mol. The van der Waals surface area contributed by atoms with Crippen molar-refractivity contribution in [3.8, 4) is 33.4 Å². The molecule has 0 unspecified atom stereocenters. The van der Waals surface area contributed by atoms with Crippen molar-refractivity contribution in [1.82, 2.24) is 0 Å². The molecule has 0 saturated heterocycles. The van der Waals surface area contributed by atoms with Gasteiger partial charge >= 0.3 is 0 Å². The van der Waals surface area contributed by atoms with E-state index in [1.807, 2.05) is 11.3 Å². The van der Waals surface area contributed by atoms with E-state index >= 15 is 0 Å². The van der Waals surface area contributed by atoms with Gasteiger partial charge in [-0.1, -0.05) is 158 Å². The first kappa shape index (κ1) is 31.6. The number of thiophene rings is 1. The molecule has 0 fully saturated rings. The first-order valence-electron chi connectivity index (χ1n) is 18.7. The topological polar surface area (TPSA) is 16.4 Å². The maximum absolute atomic E-state index is 6.98. The fourth-order valence-electron chi connectivity index (χ4n) is 8.25. The van der Waals surface area contributed by atoms with E-state index in [0.717, 1.165) is 55.7 Å². The van der Waals surface area contributed by atoms with Gasteiger partial charge in [-0.15, -0.1) is 11.3 Å². The van der Waals surface area contributed by atoms with Gasteiger partial charge in [0.05, 0.1) is 5.69 Å². The van der Waals surface area contributed by atoms with Crippen LogP contribution in [-0.4, -0.2) is 0 Å². The maximum atomic E-state index is 6.98. The van der Waals surface area contributed by atoms with Crippen molar-refractivity contribution in [3.05, 3.63) is 200 Å². The lowest BCUT2D eigenvalue weighted by Crippen LogP contribution is -2.10. The zero-order chi connectivity index (χ0) is 36.3. The number of furan rings is 1.